The molecule has 5 heteroatoms. The molecule has 1 fully saturated rings. The van der Waals surface area contributed by atoms with Gasteiger partial charge >= 0.3 is 5.97 Å². The summed E-state index contributed by atoms with van der Waals surface area (Å²) in [5.41, 5.74) is 6.97. The molecule has 0 saturated heterocycles. The van der Waals surface area contributed by atoms with Gasteiger partial charge in [-0.15, -0.1) is 0 Å². The Balaban J connectivity index is 1.25. The van der Waals surface area contributed by atoms with Crippen molar-refractivity contribution in [1.29, 1.82) is 0 Å². The number of hydrogen-bond donors (Lipinski definition) is 1. The van der Waals surface area contributed by atoms with Crippen LogP contribution in [0.25, 0.3) is 22.5 Å². The Kier molecular flexibility index (Phi) is 6.90. The highest BCUT2D eigenvalue weighted by Crippen LogP contribution is 2.49. The quantitative estimate of drug-likeness (QED) is 0.196. The van der Waals surface area contributed by atoms with Gasteiger partial charge in [-0.05, 0) is 61.8 Å². The highest BCUT2D eigenvalue weighted by Gasteiger charge is 2.52. The average Bonchev–Trinajstić information content (AvgIpc) is 3.66. The molecule has 1 heterocycles. The molecule has 1 N–H and O–H groups in total. The van der Waals surface area contributed by atoms with Crippen molar-refractivity contribution >= 4 is 11.7 Å². The molecule has 0 atom stereocenters. The van der Waals surface area contributed by atoms with Crippen LogP contribution < -0.4 is 5.32 Å². The number of hydrogen-bond acceptors (Lipinski definition) is 5. The fraction of sp³-hybridized carbons (Fsp3) is 0.290. The molecular weight excluding hydrogens is 448 g/mol. The van der Waals surface area contributed by atoms with E-state index in [9.17, 15) is 4.79 Å². The molecule has 3 aromatic carbocycles. The number of aryl methyl sites for hydroxylation is 2. The zero-order chi connectivity index (χ0) is 25.0. The fourth-order valence-corrected chi connectivity index (χ4v) is 4.73. The smallest absolute Gasteiger partial charge is 0.316 e. The molecule has 1 aromatic heterocycles. The molecule has 0 unspecified atom stereocenters. The van der Waals surface area contributed by atoms with E-state index in [0.29, 0.717) is 6.61 Å². The van der Waals surface area contributed by atoms with Gasteiger partial charge in [-0.2, -0.15) is 0 Å². The number of carbonyl (C=O) groups is 1. The lowest BCUT2D eigenvalue weighted by molar-refractivity contribution is -0.146. The largest absolute Gasteiger partial charge is 0.465 e. The van der Waals surface area contributed by atoms with Crippen molar-refractivity contribution in [2.45, 2.75) is 44.9 Å². The molecule has 0 aliphatic heterocycles. The molecule has 0 bridgehead atoms. The molecule has 0 radical (unpaired) electrons. The van der Waals surface area contributed by atoms with Crippen LogP contribution in [-0.2, 0) is 21.4 Å². The number of nitrogens with zero attached hydrogens (tertiary/aromatic N) is 1. The van der Waals surface area contributed by atoms with Gasteiger partial charge in [0.25, 0.3) is 0 Å². The summed E-state index contributed by atoms with van der Waals surface area (Å²) in [7, 11) is 0. The van der Waals surface area contributed by atoms with Gasteiger partial charge in [0.05, 0.1) is 12.0 Å². The first-order valence-corrected chi connectivity index (χ1v) is 12.7. The van der Waals surface area contributed by atoms with Gasteiger partial charge in [0.2, 0.25) is 0 Å². The lowest BCUT2D eigenvalue weighted by Gasteiger charge is -2.14. The minimum Gasteiger partial charge on any atom is -0.465 e. The lowest BCUT2D eigenvalue weighted by Crippen LogP contribution is -2.23. The number of nitrogens with one attached hydrogen (secondary N) is 1. The first kappa shape index (κ1) is 23.9. The third-order valence-corrected chi connectivity index (χ3v) is 6.98. The third kappa shape index (κ3) is 4.92. The summed E-state index contributed by atoms with van der Waals surface area (Å²) in [4.78, 5) is 12.4. The monoisotopic (exact) mass is 480 g/mol. The van der Waals surface area contributed by atoms with Crippen LogP contribution >= 0.6 is 0 Å². The minimum absolute atomic E-state index is 0.103. The molecule has 5 nitrogen and oxygen atoms in total. The Morgan fingerprint density at radius 3 is 2.22 bits per heavy atom. The first-order valence-electron chi connectivity index (χ1n) is 12.7. The van der Waals surface area contributed by atoms with E-state index in [1.54, 1.807) is 0 Å². The van der Waals surface area contributed by atoms with Crippen LogP contribution in [0.4, 0.5) is 5.69 Å². The Morgan fingerprint density at radius 2 is 1.58 bits per heavy atom. The molecule has 0 amide bonds. The van der Waals surface area contributed by atoms with Crippen molar-refractivity contribution in [1.82, 2.24) is 5.16 Å². The normalized spacial score (nSPS) is 13.8. The molecule has 4 aromatic rings. The summed E-state index contributed by atoms with van der Waals surface area (Å²) in [6.45, 7) is 5.08. The van der Waals surface area contributed by atoms with Crippen molar-refractivity contribution in [3.63, 3.8) is 0 Å². The number of esters is 1. The summed E-state index contributed by atoms with van der Waals surface area (Å²) in [5, 5.41) is 7.73. The van der Waals surface area contributed by atoms with Crippen molar-refractivity contribution < 1.29 is 14.1 Å². The molecule has 184 valence electrons. The minimum atomic E-state index is -0.437. The predicted octanol–water partition coefficient (Wildman–Crippen LogP) is 6.96. The Bertz CT molecular complexity index is 1300. The topological polar surface area (TPSA) is 64.4 Å². The van der Waals surface area contributed by atoms with Crippen LogP contribution in [0.1, 0.15) is 43.0 Å². The Hall–Kier alpha value is -3.86. The molecule has 36 heavy (non-hydrogen) atoms. The van der Waals surface area contributed by atoms with Crippen LogP contribution in [0.5, 0.6) is 0 Å². The van der Waals surface area contributed by atoms with E-state index < -0.39 is 5.41 Å². The van der Waals surface area contributed by atoms with E-state index in [4.69, 9.17) is 9.26 Å². The van der Waals surface area contributed by atoms with E-state index in [1.165, 1.54) is 5.56 Å². The summed E-state index contributed by atoms with van der Waals surface area (Å²) in [5.74, 6) is 0.660. The van der Waals surface area contributed by atoms with Crippen LogP contribution in [0.2, 0.25) is 0 Å². The van der Waals surface area contributed by atoms with E-state index >= 15 is 0 Å². The number of benzene rings is 3. The van der Waals surface area contributed by atoms with Crippen LogP contribution in [0.3, 0.4) is 0 Å². The summed E-state index contributed by atoms with van der Waals surface area (Å²) in [6.07, 6.45) is 3.78. The maximum atomic E-state index is 12.4. The second kappa shape index (κ2) is 10.4. The number of anilines is 1. The number of ether oxygens (including phenoxy) is 1. The maximum Gasteiger partial charge on any atom is 0.316 e. The van der Waals surface area contributed by atoms with Crippen LogP contribution in [0, 0.1) is 6.92 Å². The molecular formula is C31H32N2O3. The van der Waals surface area contributed by atoms with Crippen LogP contribution in [-0.4, -0.2) is 24.3 Å². The zero-order valence-corrected chi connectivity index (χ0v) is 20.9. The zero-order valence-electron chi connectivity index (χ0n) is 20.9. The summed E-state index contributed by atoms with van der Waals surface area (Å²) < 4.78 is 11.0. The average molecular weight is 481 g/mol. The SMILES string of the molecule is CCOC(=O)C1(c2ccc(-c3ccc(-c4onc(C)c4NCCCc4ccccc4)cc3)cc2)CC1. The van der Waals surface area contributed by atoms with E-state index in [2.05, 4.69) is 83.3 Å². The molecule has 1 saturated carbocycles. The van der Waals surface area contributed by atoms with E-state index in [1.807, 2.05) is 19.9 Å². The first-order chi connectivity index (χ1) is 17.6. The Morgan fingerprint density at radius 1 is 0.944 bits per heavy atom. The van der Waals surface area contributed by atoms with Gasteiger partial charge in [-0.1, -0.05) is 84.0 Å². The number of aromatic nitrogens is 1. The van der Waals surface area contributed by atoms with Crippen molar-refractivity contribution in [2.24, 2.45) is 0 Å². The highest BCUT2D eigenvalue weighted by molar-refractivity contribution is 5.87. The van der Waals surface area contributed by atoms with Gasteiger partial charge < -0.3 is 14.6 Å². The van der Waals surface area contributed by atoms with Gasteiger partial charge in [0, 0.05) is 12.1 Å². The van der Waals surface area contributed by atoms with Gasteiger partial charge in [-0.3, -0.25) is 4.79 Å². The highest BCUT2D eigenvalue weighted by atomic mass is 16.5. The summed E-state index contributed by atoms with van der Waals surface area (Å²) >= 11 is 0. The third-order valence-electron chi connectivity index (χ3n) is 6.98. The van der Waals surface area contributed by atoms with Crippen molar-refractivity contribution in [3.05, 3.63) is 95.7 Å². The maximum absolute atomic E-state index is 12.4. The molecule has 5 rings (SSSR count). The summed E-state index contributed by atoms with van der Waals surface area (Å²) in [6, 6.07) is 27.2. The van der Waals surface area contributed by atoms with Crippen LogP contribution in [0.15, 0.2) is 83.4 Å². The molecule has 0 spiro atoms. The van der Waals surface area contributed by atoms with E-state index in [0.717, 1.165) is 71.6 Å². The number of carbonyl (C=O) groups excluding carboxylic acids is 1. The van der Waals surface area contributed by atoms with E-state index in [-0.39, 0.29) is 5.97 Å². The number of rotatable bonds is 10. The van der Waals surface area contributed by atoms with Crippen molar-refractivity contribution in [3.8, 4) is 22.5 Å². The molecule has 1 aliphatic rings. The second-order valence-electron chi connectivity index (χ2n) is 9.45. The standard InChI is InChI=1S/C31H32N2O3/c1-3-35-30(34)31(19-20-31)27-17-15-25(16-18-27)24-11-13-26(14-12-24)29-28(22(2)33-36-29)32-21-7-10-23-8-5-4-6-9-23/h4-6,8-9,11-18,32H,3,7,10,19-21H2,1-2H3. The lowest BCUT2D eigenvalue weighted by atomic mass is 9.93. The Labute approximate surface area is 212 Å². The van der Waals surface area contributed by atoms with Gasteiger partial charge in [0.15, 0.2) is 5.76 Å². The van der Waals surface area contributed by atoms with Gasteiger partial charge in [0.1, 0.15) is 11.4 Å². The van der Waals surface area contributed by atoms with Crippen molar-refractivity contribution in [2.75, 3.05) is 18.5 Å². The predicted molar refractivity (Wildman–Crippen MR) is 143 cm³/mol. The second-order valence-corrected chi connectivity index (χ2v) is 9.45. The van der Waals surface area contributed by atoms with Gasteiger partial charge in [-0.25, -0.2) is 0 Å². The molecule has 1 aliphatic carbocycles. The fourth-order valence-electron chi connectivity index (χ4n) is 4.73.